The molecular weight excluding hydrogens is 292 g/mol. The lowest BCUT2D eigenvalue weighted by atomic mass is 10.2. The minimum atomic E-state index is -0.891. The molecule has 0 fully saturated rings. The molecule has 4 heteroatoms. The van der Waals surface area contributed by atoms with Crippen LogP contribution >= 0.6 is 0 Å². The molecule has 0 saturated carbocycles. The highest BCUT2D eigenvalue weighted by Gasteiger charge is 2.39. The molecule has 0 saturated heterocycles. The van der Waals surface area contributed by atoms with Crippen molar-refractivity contribution in [1.82, 2.24) is 0 Å². The molecule has 0 radical (unpaired) electrons. The maximum Gasteiger partial charge on any atom is 0.217 e. The summed E-state index contributed by atoms with van der Waals surface area (Å²) in [6.07, 6.45) is -0.523. The molecule has 0 spiro atoms. The van der Waals surface area contributed by atoms with Gasteiger partial charge in [0.15, 0.2) is 0 Å². The molecule has 0 aromatic rings. The van der Waals surface area contributed by atoms with Crippen molar-refractivity contribution in [2.75, 3.05) is 26.4 Å². The average Bonchev–Trinajstić information content (AvgIpc) is 2.42. The van der Waals surface area contributed by atoms with Crippen molar-refractivity contribution >= 4 is 0 Å². The van der Waals surface area contributed by atoms with Crippen LogP contribution in [0, 0.1) is 23.7 Å². The summed E-state index contributed by atoms with van der Waals surface area (Å²) >= 11 is 0. The van der Waals surface area contributed by atoms with Crippen LogP contribution in [0.4, 0.5) is 0 Å². The fourth-order valence-electron chi connectivity index (χ4n) is 1.75. The zero-order valence-corrected chi connectivity index (χ0v) is 16.8. The highest BCUT2D eigenvalue weighted by atomic mass is 16.8. The Kier molecular flexibility index (Phi) is 11.3. The van der Waals surface area contributed by atoms with Gasteiger partial charge in [-0.15, -0.1) is 0 Å². The van der Waals surface area contributed by atoms with Gasteiger partial charge in [0.05, 0.1) is 26.4 Å². The van der Waals surface area contributed by atoms with E-state index in [1.54, 1.807) is 0 Å². The van der Waals surface area contributed by atoms with Crippen molar-refractivity contribution < 1.29 is 18.9 Å². The monoisotopic (exact) mass is 332 g/mol. The fraction of sp³-hybridized carbons (Fsp3) is 1.00. The van der Waals surface area contributed by atoms with Gasteiger partial charge in [0.1, 0.15) is 0 Å². The third-order valence-electron chi connectivity index (χ3n) is 3.00. The van der Waals surface area contributed by atoms with Crippen molar-refractivity contribution in [2.24, 2.45) is 23.7 Å². The number of hydrogen-bond acceptors (Lipinski definition) is 4. The first-order chi connectivity index (χ1) is 10.6. The van der Waals surface area contributed by atoms with E-state index in [1.807, 2.05) is 6.92 Å². The van der Waals surface area contributed by atoms with E-state index in [-0.39, 0.29) is 0 Å². The van der Waals surface area contributed by atoms with Crippen molar-refractivity contribution in [3.05, 3.63) is 0 Å². The number of hydrogen-bond donors (Lipinski definition) is 0. The van der Waals surface area contributed by atoms with E-state index < -0.39 is 12.1 Å². The molecule has 0 heterocycles. The van der Waals surface area contributed by atoms with Gasteiger partial charge in [0, 0.05) is 0 Å². The Balaban J connectivity index is 5.04. The Morgan fingerprint density at radius 2 is 0.870 bits per heavy atom. The van der Waals surface area contributed by atoms with Crippen LogP contribution in [0.2, 0.25) is 0 Å². The number of ether oxygens (including phenoxy) is 4. The van der Waals surface area contributed by atoms with Gasteiger partial charge in [0.25, 0.3) is 0 Å². The minimum absolute atomic E-state index is 0.424. The molecule has 0 N–H and O–H groups in total. The summed E-state index contributed by atoms with van der Waals surface area (Å²) in [5.74, 6) is 0.818. The van der Waals surface area contributed by atoms with E-state index in [4.69, 9.17) is 18.9 Å². The topological polar surface area (TPSA) is 36.9 Å². The van der Waals surface area contributed by atoms with Crippen LogP contribution in [-0.4, -0.2) is 38.5 Å². The van der Waals surface area contributed by atoms with Crippen LogP contribution in [0.5, 0.6) is 0 Å². The fourth-order valence-corrected chi connectivity index (χ4v) is 1.75. The molecule has 0 aliphatic heterocycles. The number of rotatable bonds is 13. The predicted molar refractivity (Wildman–Crippen MR) is 95.4 cm³/mol. The second kappa shape index (κ2) is 11.4. The first kappa shape index (κ1) is 22.8. The molecule has 0 atom stereocenters. The van der Waals surface area contributed by atoms with Gasteiger partial charge >= 0.3 is 0 Å². The Labute approximate surface area is 144 Å². The quantitative estimate of drug-likeness (QED) is 0.457. The lowest BCUT2D eigenvalue weighted by Crippen LogP contribution is -2.49. The van der Waals surface area contributed by atoms with Gasteiger partial charge in [-0.1, -0.05) is 55.4 Å². The highest BCUT2D eigenvalue weighted by molar-refractivity contribution is 4.71. The maximum absolute atomic E-state index is 6.10. The lowest BCUT2D eigenvalue weighted by Gasteiger charge is -2.38. The molecule has 0 aliphatic rings. The van der Waals surface area contributed by atoms with Crippen molar-refractivity contribution in [2.45, 2.75) is 74.4 Å². The van der Waals surface area contributed by atoms with Gasteiger partial charge in [-0.3, -0.25) is 0 Å². The standard InChI is InChI=1S/C19H40O4/c1-14(2)10-20-18(21-11-15(3)4)19(9,22-12-16(5)6)23-13-17(7)8/h14-18H,10-13H2,1-9H3. The normalized spacial score (nSPS) is 13.3. The average molecular weight is 333 g/mol. The molecule has 0 amide bonds. The Morgan fingerprint density at radius 1 is 0.565 bits per heavy atom. The third-order valence-corrected chi connectivity index (χ3v) is 3.00. The molecule has 0 rings (SSSR count). The third kappa shape index (κ3) is 11.1. The Hall–Kier alpha value is -0.160. The van der Waals surface area contributed by atoms with Gasteiger partial charge in [-0.05, 0) is 30.6 Å². The highest BCUT2D eigenvalue weighted by Crippen LogP contribution is 2.25. The first-order valence-corrected chi connectivity index (χ1v) is 9.07. The van der Waals surface area contributed by atoms with Crippen LogP contribution in [-0.2, 0) is 18.9 Å². The van der Waals surface area contributed by atoms with E-state index >= 15 is 0 Å². The zero-order chi connectivity index (χ0) is 18.0. The minimum Gasteiger partial charge on any atom is -0.347 e. The molecule has 0 aliphatic carbocycles. The van der Waals surface area contributed by atoms with Crippen LogP contribution in [0.25, 0.3) is 0 Å². The van der Waals surface area contributed by atoms with E-state index in [0.717, 1.165) is 0 Å². The second-order valence-electron chi connectivity index (χ2n) is 8.21. The van der Waals surface area contributed by atoms with E-state index in [0.29, 0.717) is 50.1 Å². The van der Waals surface area contributed by atoms with Crippen molar-refractivity contribution in [3.63, 3.8) is 0 Å². The molecule has 0 unspecified atom stereocenters. The second-order valence-corrected chi connectivity index (χ2v) is 8.21. The molecule has 0 aromatic carbocycles. The lowest BCUT2D eigenvalue weighted by molar-refractivity contribution is -0.351. The van der Waals surface area contributed by atoms with Crippen LogP contribution in [0.1, 0.15) is 62.3 Å². The molecule has 0 aromatic heterocycles. The summed E-state index contributed by atoms with van der Waals surface area (Å²) in [5, 5.41) is 0. The smallest absolute Gasteiger partial charge is 0.217 e. The van der Waals surface area contributed by atoms with Gasteiger partial charge < -0.3 is 18.9 Å². The Bertz CT molecular complexity index is 263. The van der Waals surface area contributed by atoms with E-state index in [1.165, 1.54) is 0 Å². The van der Waals surface area contributed by atoms with Gasteiger partial charge in [-0.2, -0.15) is 0 Å². The van der Waals surface area contributed by atoms with Gasteiger partial charge in [0.2, 0.25) is 12.1 Å². The summed E-state index contributed by atoms with van der Waals surface area (Å²) in [4.78, 5) is 0. The molecular formula is C19H40O4. The maximum atomic E-state index is 6.10. The first-order valence-electron chi connectivity index (χ1n) is 9.07. The summed E-state index contributed by atoms with van der Waals surface area (Å²) < 4.78 is 24.2. The van der Waals surface area contributed by atoms with E-state index in [2.05, 4.69) is 55.4 Å². The van der Waals surface area contributed by atoms with Crippen molar-refractivity contribution in [1.29, 1.82) is 0 Å². The van der Waals surface area contributed by atoms with Crippen LogP contribution in [0.3, 0.4) is 0 Å². The summed E-state index contributed by atoms with van der Waals surface area (Å²) in [5.41, 5.74) is 0. The largest absolute Gasteiger partial charge is 0.347 e. The van der Waals surface area contributed by atoms with Crippen LogP contribution in [0.15, 0.2) is 0 Å². The SMILES string of the molecule is CC(C)COC(OCC(C)C)C(C)(OCC(C)C)OCC(C)C. The summed E-state index contributed by atoms with van der Waals surface area (Å²) in [7, 11) is 0. The van der Waals surface area contributed by atoms with E-state index in [9.17, 15) is 0 Å². The zero-order valence-electron chi connectivity index (χ0n) is 16.8. The Morgan fingerprint density at radius 3 is 1.13 bits per heavy atom. The summed E-state index contributed by atoms with van der Waals surface area (Å²) in [6, 6.07) is 0. The molecule has 23 heavy (non-hydrogen) atoms. The van der Waals surface area contributed by atoms with Crippen LogP contribution < -0.4 is 0 Å². The predicted octanol–water partition coefficient (Wildman–Crippen LogP) is 4.72. The van der Waals surface area contributed by atoms with Gasteiger partial charge in [-0.25, -0.2) is 0 Å². The summed E-state index contributed by atoms with van der Waals surface area (Å²) in [6.45, 7) is 21.4. The molecule has 0 bridgehead atoms. The molecule has 140 valence electrons. The molecule has 4 nitrogen and oxygen atoms in total. The van der Waals surface area contributed by atoms with Crippen molar-refractivity contribution in [3.8, 4) is 0 Å².